The molecule has 1 unspecified atom stereocenters. The number of sulfonamides is 1. The number of ketones is 2. The van der Waals surface area contributed by atoms with E-state index in [1.54, 1.807) is 61.5 Å². The van der Waals surface area contributed by atoms with E-state index in [1.165, 1.54) is 11.2 Å². The van der Waals surface area contributed by atoms with Gasteiger partial charge in [0.05, 0.1) is 10.9 Å². The van der Waals surface area contributed by atoms with Crippen LogP contribution in [0.15, 0.2) is 95.4 Å². The molecule has 0 fully saturated rings. The van der Waals surface area contributed by atoms with Gasteiger partial charge in [-0.05, 0) is 60.6 Å². The van der Waals surface area contributed by atoms with Gasteiger partial charge in [0.25, 0.3) is 0 Å². The predicted molar refractivity (Wildman–Crippen MR) is 160 cm³/mol. The molecule has 5 nitrogen and oxygen atoms in total. The average Bonchev–Trinajstić information content (AvgIpc) is 3.32. The summed E-state index contributed by atoms with van der Waals surface area (Å²) in [5, 5.41) is 0.513. The first kappa shape index (κ1) is 29.9. The van der Waals surface area contributed by atoms with Gasteiger partial charge in [-0.25, -0.2) is 8.42 Å². The lowest BCUT2D eigenvalue weighted by atomic mass is 9.85. The molecule has 1 heterocycles. The van der Waals surface area contributed by atoms with E-state index in [0.29, 0.717) is 28.1 Å². The van der Waals surface area contributed by atoms with Crippen molar-refractivity contribution >= 4 is 33.2 Å². The number of aryl methyl sites for hydroxylation is 1. The monoisotopic (exact) mass is 577 g/mol. The number of hydrogen-bond acceptors (Lipinski definition) is 4. The third kappa shape index (κ3) is 6.30. The fraction of sp³-hybridized carbons (Fsp3) is 0.333. The van der Waals surface area contributed by atoms with Crippen molar-refractivity contribution in [2.45, 2.75) is 64.4 Å². The van der Waals surface area contributed by atoms with E-state index >= 15 is 0 Å². The fourth-order valence-corrected chi connectivity index (χ4v) is 7.60. The minimum atomic E-state index is -4.04. The maximum absolute atomic E-state index is 14.4. The summed E-state index contributed by atoms with van der Waals surface area (Å²) in [4.78, 5) is 27.0. The third-order valence-corrected chi connectivity index (χ3v) is 9.80. The van der Waals surface area contributed by atoms with Gasteiger partial charge in [0.1, 0.15) is 5.78 Å². The maximum Gasteiger partial charge on any atom is 0.244 e. The molecule has 0 N–H and O–H groups in total. The summed E-state index contributed by atoms with van der Waals surface area (Å²) < 4.78 is 30.3. The Labute approximate surface area is 242 Å². The quantitative estimate of drug-likeness (QED) is 0.271. The van der Waals surface area contributed by atoms with E-state index in [-0.39, 0.29) is 22.9 Å². The molecule has 4 rings (SSSR count). The van der Waals surface area contributed by atoms with Crippen molar-refractivity contribution in [3.63, 3.8) is 0 Å². The van der Waals surface area contributed by atoms with Crippen LogP contribution in [-0.2, 0) is 26.0 Å². The van der Waals surface area contributed by atoms with Gasteiger partial charge in [0.15, 0.2) is 5.78 Å². The average molecular weight is 578 g/mol. The Morgan fingerprint density at radius 1 is 0.925 bits per heavy atom. The van der Waals surface area contributed by atoms with E-state index < -0.39 is 33.4 Å². The Balaban J connectivity index is 1.82. The van der Waals surface area contributed by atoms with E-state index in [9.17, 15) is 18.0 Å². The largest absolute Gasteiger partial charge is 0.300 e. The van der Waals surface area contributed by atoms with Gasteiger partial charge in [-0.1, -0.05) is 99.1 Å². The van der Waals surface area contributed by atoms with E-state index in [2.05, 4.69) is 0 Å². The van der Waals surface area contributed by atoms with Crippen molar-refractivity contribution < 1.29 is 18.0 Å². The van der Waals surface area contributed by atoms with Crippen LogP contribution in [0.25, 0.3) is 0 Å². The van der Waals surface area contributed by atoms with Gasteiger partial charge in [0, 0.05) is 29.0 Å². The van der Waals surface area contributed by atoms with Gasteiger partial charge in [-0.3, -0.25) is 9.59 Å². The molecule has 3 atom stereocenters. The lowest BCUT2D eigenvalue weighted by Gasteiger charge is -2.37. The SMILES string of the molecule is CC(=O)[C@@H](CC(=O)C1=C[C@@H](C(C)(C)C)N(S(=O)(=O)c2ccccc2C)C1c1ccc(Cl)cc1)Cc1ccccc1. The molecule has 0 aromatic heterocycles. The molecule has 0 saturated carbocycles. The van der Waals surface area contributed by atoms with Crippen molar-refractivity contribution in [1.82, 2.24) is 4.31 Å². The van der Waals surface area contributed by atoms with Crippen LogP contribution in [-0.4, -0.2) is 30.3 Å². The van der Waals surface area contributed by atoms with Crippen molar-refractivity contribution in [2.75, 3.05) is 0 Å². The number of nitrogens with zero attached hydrogens (tertiary/aromatic N) is 1. The highest BCUT2D eigenvalue weighted by atomic mass is 35.5. The van der Waals surface area contributed by atoms with Crippen LogP contribution in [0.1, 0.15) is 56.8 Å². The molecule has 7 heteroatoms. The molecular weight excluding hydrogens is 542 g/mol. The van der Waals surface area contributed by atoms with E-state index in [0.717, 1.165) is 5.56 Å². The summed E-state index contributed by atoms with van der Waals surface area (Å²) in [6.45, 7) is 9.18. The van der Waals surface area contributed by atoms with Gasteiger partial charge in [-0.2, -0.15) is 4.31 Å². The number of halogens is 1. The lowest BCUT2D eigenvalue weighted by molar-refractivity contribution is -0.125. The van der Waals surface area contributed by atoms with Crippen LogP contribution in [0, 0.1) is 18.3 Å². The maximum atomic E-state index is 14.4. The molecule has 0 bridgehead atoms. The second-order valence-electron chi connectivity index (χ2n) is 11.6. The Kier molecular flexibility index (Phi) is 8.83. The number of carbonyl (C=O) groups excluding carboxylic acids is 2. The van der Waals surface area contributed by atoms with Gasteiger partial charge in [0.2, 0.25) is 10.0 Å². The van der Waals surface area contributed by atoms with E-state index in [4.69, 9.17) is 11.6 Å². The summed E-state index contributed by atoms with van der Waals surface area (Å²) in [6.07, 6.45) is 2.24. The standard InChI is InChI=1S/C33H36ClNO4S/c1-22-11-9-10-14-30(22)40(38,39)35-31(33(3,4)5)21-28(32(35)25-15-17-27(34)18-16-25)29(37)20-26(23(2)36)19-24-12-7-6-8-13-24/h6-18,21,26,31-32H,19-20H2,1-5H3/t26-,31+,32?/m1/s1. The molecule has 3 aromatic carbocycles. The zero-order valence-corrected chi connectivity index (χ0v) is 25.2. The smallest absolute Gasteiger partial charge is 0.244 e. The molecule has 0 amide bonds. The molecule has 0 radical (unpaired) electrons. The topological polar surface area (TPSA) is 71.5 Å². The lowest BCUT2D eigenvalue weighted by Crippen LogP contribution is -2.45. The first-order valence-corrected chi connectivity index (χ1v) is 15.3. The van der Waals surface area contributed by atoms with Crippen LogP contribution >= 0.6 is 11.6 Å². The van der Waals surface area contributed by atoms with Gasteiger partial charge >= 0.3 is 0 Å². The highest BCUT2D eigenvalue weighted by Gasteiger charge is 2.49. The highest BCUT2D eigenvalue weighted by molar-refractivity contribution is 7.89. The molecule has 1 aliphatic rings. The van der Waals surface area contributed by atoms with Crippen LogP contribution in [0.2, 0.25) is 5.02 Å². The number of carbonyl (C=O) groups is 2. The molecule has 1 aliphatic heterocycles. The number of Topliss-reactive ketones (excluding diaryl/α,β-unsaturated/α-hetero) is 2. The Morgan fingerprint density at radius 2 is 1.52 bits per heavy atom. The predicted octanol–water partition coefficient (Wildman–Crippen LogP) is 7.14. The third-order valence-electron chi connectivity index (χ3n) is 7.54. The van der Waals surface area contributed by atoms with Crippen LogP contribution in [0.4, 0.5) is 0 Å². The molecule has 3 aromatic rings. The van der Waals surface area contributed by atoms with Gasteiger partial charge in [-0.15, -0.1) is 0 Å². The highest BCUT2D eigenvalue weighted by Crippen LogP contribution is 2.47. The van der Waals surface area contributed by atoms with Gasteiger partial charge < -0.3 is 0 Å². The zero-order valence-electron chi connectivity index (χ0n) is 23.6. The van der Waals surface area contributed by atoms with Crippen molar-refractivity contribution in [1.29, 1.82) is 0 Å². The summed E-state index contributed by atoms with van der Waals surface area (Å²) >= 11 is 6.19. The Hall–Kier alpha value is -3.06. The first-order chi connectivity index (χ1) is 18.8. The summed E-state index contributed by atoms with van der Waals surface area (Å²) in [5.41, 5.74) is 2.12. The Morgan fingerprint density at radius 3 is 2.10 bits per heavy atom. The summed E-state index contributed by atoms with van der Waals surface area (Å²) in [6, 6.07) is 22.0. The number of hydrogen-bond donors (Lipinski definition) is 0. The fourth-order valence-electron chi connectivity index (χ4n) is 5.33. The molecule has 210 valence electrons. The van der Waals surface area contributed by atoms with Crippen LogP contribution in [0.3, 0.4) is 0 Å². The molecule has 0 saturated heterocycles. The molecule has 40 heavy (non-hydrogen) atoms. The second-order valence-corrected chi connectivity index (χ2v) is 13.9. The van der Waals surface area contributed by atoms with Crippen LogP contribution in [0.5, 0.6) is 0 Å². The summed E-state index contributed by atoms with van der Waals surface area (Å²) in [5.74, 6) is -0.819. The molecule has 0 spiro atoms. The number of rotatable bonds is 9. The minimum absolute atomic E-state index is 0.00470. The minimum Gasteiger partial charge on any atom is -0.300 e. The van der Waals surface area contributed by atoms with Crippen molar-refractivity contribution in [2.24, 2.45) is 11.3 Å². The normalized spacial score (nSPS) is 18.8. The summed E-state index contributed by atoms with van der Waals surface area (Å²) in [7, 11) is -4.04. The molecular formula is C33H36ClNO4S. The zero-order chi connectivity index (χ0) is 29.2. The Bertz CT molecular complexity index is 1520. The van der Waals surface area contributed by atoms with Crippen molar-refractivity contribution in [3.05, 3.63) is 112 Å². The van der Waals surface area contributed by atoms with E-state index in [1.807, 2.05) is 51.1 Å². The van der Waals surface area contributed by atoms with Crippen LogP contribution < -0.4 is 0 Å². The number of benzene rings is 3. The second kappa shape index (κ2) is 11.8. The van der Waals surface area contributed by atoms with Crippen molar-refractivity contribution in [3.8, 4) is 0 Å². The molecule has 0 aliphatic carbocycles. The first-order valence-electron chi connectivity index (χ1n) is 13.4.